The fourth-order valence-electron chi connectivity index (χ4n) is 5.30. The maximum atomic E-state index is 13.1. The third-order valence-electron chi connectivity index (χ3n) is 6.99. The lowest BCUT2D eigenvalue weighted by atomic mass is 9.83. The van der Waals surface area contributed by atoms with Gasteiger partial charge in [0.1, 0.15) is 5.52 Å². The Balaban J connectivity index is 1.35. The molecular formula is C24H35N5O3. The lowest BCUT2D eigenvalue weighted by Crippen LogP contribution is -2.52. The Morgan fingerprint density at radius 2 is 2.03 bits per heavy atom. The standard InChI is InChI=1S/C24H35N5O3/c1-32-17-16-28(18-19-8-6-14-27-13-5-4-11-22(19)27)23(30)12-7-15-29-24(31)20-9-2-3-10-21(20)25-26-29/h2-3,9-10,19,22H,4-8,11-18H2,1H3/t19-,22-/m1/s1. The minimum atomic E-state index is -0.154. The fourth-order valence-corrected chi connectivity index (χ4v) is 5.30. The molecule has 0 aliphatic carbocycles. The van der Waals surface area contributed by atoms with Gasteiger partial charge in [-0.2, -0.15) is 0 Å². The third-order valence-corrected chi connectivity index (χ3v) is 6.99. The quantitative estimate of drug-likeness (QED) is 0.594. The molecule has 1 aromatic carbocycles. The van der Waals surface area contributed by atoms with Crippen molar-refractivity contribution in [3.63, 3.8) is 0 Å². The Morgan fingerprint density at radius 1 is 1.19 bits per heavy atom. The van der Waals surface area contributed by atoms with E-state index in [0.717, 1.165) is 6.54 Å². The molecule has 2 aliphatic rings. The van der Waals surface area contributed by atoms with E-state index >= 15 is 0 Å². The fraction of sp³-hybridized carbons (Fsp3) is 0.667. The van der Waals surface area contributed by atoms with E-state index in [9.17, 15) is 9.59 Å². The summed E-state index contributed by atoms with van der Waals surface area (Å²) in [5, 5.41) is 8.73. The van der Waals surface area contributed by atoms with Gasteiger partial charge < -0.3 is 14.5 Å². The van der Waals surface area contributed by atoms with Crippen molar-refractivity contribution >= 4 is 16.8 Å². The van der Waals surface area contributed by atoms with Crippen molar-refractivity contribution in [2.45, 2.75) is 57.5 Å². The molecule has 4 rings (SSSR count). The van der Waals surface area contributed by atoms with E-state index in [1.165, 1.54) is 49.9 Å². The third kappa shape index (κ3) is 5.35. The van der Waals surface area contributed by atoms with E-state index in [0.29, 0.717) is 55.4 Å². The summed E-state index contributed by atoms with van der Waals surface area (Å²) in [6.07, 6.45) is 7.22. The molecule has 174 valence electrons. The average Bonchev–Trinajstić information content (AvgIpc) is 2.83. The summed E-state index contributed by atoms with van der Waals surface area (Å²) in [7, 11) is 1.68. The Hall–Kier alpha value is -2.32. The van der Waals surface area contributed by atoms with Gasteiger partial charge in [0.15, 0.2) is 0 Å². The molecule has 1 amide bonds. The number of piperidine rings is 2. The summed E-state index contributed by atoms with van der Waals surface area (Å²) in [5.74, 6) is 0.676. The van der Waals surface area contributed by atoms with Crippen LogP contribution in [0.25, 0.3) is 10.9 Å². The van der Waals surface area contributed by atoms with Crippen molar-refractivity contribution in [3.8, 4) is 0 Å². The Labute approximate surface area is 189 Å². The van der Waals surface area contributed by atoms with Crippen LogP contribution in [0.15, 0.2) is 29.1 Å². The van der Waals surface area contributed by atoms with Crippen LogP contribution in [0.2, 0.25) is 0 Å². The summed E-state index contributed by atoms with van der Waals surface area (Å²) in [6, 6.07) is 7.82. The van der Waals surface area contributed by atoms with Crippen LogP contribution in [0.3, 0.4) is 0 Å². The van der Waals surface area contributed by atoms with Gasteiger partial charge in [-0.15, -0.1) is 5.10 Å². The number of fused-ring (bicyclic) bond motifs is 2. The second-order valence-corrected chi connectivity index (χ2v) is 9.07. The SMILES string of the molecule is COCCN(C[C@H]1CCCN2CCCC[C@H]12)C(=O)CCCn1nnc2ccccc2c1=O. The van der Waals surface area contributed by atoms with Crippen LogP contribution in [0.1, 0.15) is 44.9 Å². The van der Waals surface area contributed by atoms with E-state index in [4.69, 9.17) is 4.74 Å². The predicted octanol–water partition coefficient (Wildman–Crippen LogP) is 2.31. The van der Waals surface area contributed by atoms with Gasteiger partial charge >= 0.3 is 0 Å². The second kappa shape index (κ2) is 11.0. The minimum absolute atomic E-state index is 0.136. The van der Waals surface area contributed by atoms with Crippen molar-refractivity contribution in [2.24, 2.45) is 5.92 Å². The maximum absolute atomic E-state index is 13.1. The monoisotopic (exact) mass is 441 g/mol. The van der Waals surface area contributed by atoms with E-state index in [1.807, 2.05) is 17.0 Å². The van der Waals surface area contributed by atoms with Crippen LogP contribution in [-0.2, 0) is 16.1 Å². The largest absolute Gasteiger partial charge is 0.383 e. The highest BCUT2D eigenvalue weighted by Gasteiger charge is 2.34. The van der Waals surface area contributed by atoms with Crippen molar-refractivity contribution in [1.82, 2.24) is 24.8 Å². The smallest absolute Gasteiger partial charge is 0.277 e. The first-order valence-electron chi connectivity index (χ1n) is 12.0. The average molecular weight is 442 g/mol. The molecule has 0 N–H and O–H groups in total. The number of amides is 1. The summed E-state index contributed by atoms with van der Waals surface area (Å²) in [5.41, 5.74) is 0.443. The molecule has 32 heavy (non-hydrogen) atoms. The van der Waals surface area contributed by atoms with Crippen LogP contribution in [0.4, 0.5) is 0 Å². The van der Waals surface area contributed by atoms with E-state index in [-0.39, 0.29) is 11.5 Å². The predicted molar refractivity (Wildman–Crippen MR) is 123 cm³/mol. The number of methoxy groups -OCH3 is 1. The van der Waals surface area contributed by atoms with Crippen LogP contribution in [0.5, 0.6) is 0 Å². The normalized spacial score (nSPS) is 21.4. The summed E-state index contributed by atoms with van der Waals surface area (Å²) < 4.78 is 6.65. The number of benzene rings is 1. The molecule has 2 aromatic rings. The van der Waals surface area contributed by atoms with E-state index < -0.39 is 0 Å². The van der Waals surface area contributed by atoms with Gasteiger partial charge in [0, 0.05) is 39.2 Å². The first kappa shape index (κ1) is 22.9. The van der Waals surface area contributed by atoms with Gasteiger partial charge in [-0.3, -0.25) is 9.59 Å². The Kier molecular flexibility index (Phi) is 7.86. The topological polar surface area (TPSA) is 80.6 Å². The number of ether oxygens (including phenoxy) is 1. The first-order chi connectivity index (χ1) is 15.7. The molecule has 8 nitrogen and oxygen atoms in total. The Morgan fingerprint density at radius 3 is 2.91 bits per heavy atom. The number of carbonyl (C=O) groups is 1. The first-order valence-corrected chi connectivity index (χ1v) is 12.0. The lowest BCUT2D eigenvalue weighted by molar-refractivity contribution is -0.133. The number of hydrogen-bond acceptors (Lipinski definition) is 6. The zero-order chi connectivity index (χ0) is 22.3. The number of carbonyl (C=O) groups excluding carboxylic acids is 1. The highest BCUT2D eigenvalue weighted by molar-refractivity contribution is 5.77. The molecule has 8 heteroatoms. The van der Waals surface area contributed by atoms with Gasteiger partial charge in [-0.25, -0.2) is 4.68 Å². The molecule has 2 fully saturated rings. The molecular weight excluding hydrogens is 406 g/mol. The van der Waals surface area contributed by atoms with E-state index in [1.54, 1.807) is 19.2 Å². The lowest BCUT2D eigenvalue weighted by Gasteiger charge is -2.45. The summed E-state index contributed by atoms with van der Waals surface area (Å²) in [6.45, 7) is 4.76. The number of rotatable bonds is 9. The minimum Gasteiger partial charge on any atom is -0.383 e. The van der Waals surface area contributed by atoms with E-state index in [2.05, 4.69) is 15.2 Å². The highest BCUT2D eigenvalue weighted by Crippen LogP contribution is 2.31. The van der Waals surface area contributed by atoms with Crippen LogP contribution < -0.4 is 5.56 Å². The molecule has 0 bridgehead atoms. The number of aromatic nitrogens is 3. The van der Waals surface area contributed by atoms with Gasteiger partial charge in [0.2, 0.25) is 5.91 Å². The second-order valence-electron chi connectivity index (χ2n) is 9.07. The number of hydrogen-bond donors (Lipinski definition) is 0. The zero-order valence-corrected chi connectivity index (χ0v) is 19.1. The molecule has 2 atom stereocenters. The molecule has 0 unspecified atom stereocenters. The van der Waals surface area contributed by atoms with Crippen LogP contribution in [0, 0.1) is 5.92 Å². The number of nitrogens with zero attached hydrogens (tertiary/aromatic N) is 5. The van der Waals surface area contributed by atoms with Crippen molar-refractivity contribution < 1.29 is 9.53 Å². The van der Waals surface area contributed by atoms with Crippen molar-refractivity contribution in [1.29, 1.82) is 0 Å². The molecule has 0 radical (unpaired) electrons. The molecule has 3 heterocycles. The molecule has 2 aliphatic heterocycles. The molecule has 1 aromatic heterocycles. The van der Waals surface area contributed by atoms with Gasteiger partial charge in [0.05, 0.1) is 12.0 Å². The molecule has 0 spiro atoms. The highest BCUT2D eigenvalue weighted by atomic mass is 16.5. The van der Waals surface area contributed by atoms with Gasteiger partial charge in [0.25, 0.3) is 5.56 Å². The van der Waals surface area contributed by atoms with Crippen molar-refractivity contribution in [3.05, 3.63) is 34.6 Å². The van der Waals surface area contributed by atoms with Crippen molar-refractivity contribution in [2.75, 3.05) is 39.9 Å². The molecule has 0 saturated carbocycles. The van der Waals surface area contributed by atoms with Crippen LogP contribution >= 0.6 is 0 Å². The zero-order valence-electron chi connectivity index (χ0n) is 19.1. The van der Waals surface area contributed by atoms with Gasteiger partial charge in [-0.05, 0) is 63.2 Å². The Bertz CT molecular complexity index is 960. The number of aryl methyl sites for hydroxylation is 1. The van der Waals surface area contributed by atoms with Gasteiger partial charge in [-0.1, -0.05) is 23.8 Å². The summed E-state index contributed by atoms with van der Waals surface area (Å²) in [4.78, 5) is 30.4. The maximum Gasteiger partial charge on any atom is 0.277 e. The van der Waals surface area contributed by atoms with Crippen LogP contribution in [-0.4, -0.2) is 76.6 Å². The summed E-state index contributed by atoms with van der Waals surface area (Å²) >= 11 is 0. The molecule has 2 saturated heterocycles.